The van der Waals surface area contributed by atoms with E-state index in [2.05, 4.69) is 15.3 Å². The zero-order chi connectivity index (χ0) is 18.5. The van der Waals surface area contributed by atoms with Crippen molar-refractivity contribution >= 4 is 29.1 Å². The van der Waals surface area contributed by atoms with E-state index in [1.54, 1.807) is 30.3 Å². The van der Waals surface area contributed by atoms with Gasteiger partial charge >= 0.3 is 0 Å². The molecule has 3 rings (SSSR count). The van der Waals surface area contributed by atoms with Crippen LogP contribution in [0.2, 0.25) is 5.02 Å². The summed E-state index contributed by atoms with van der Waals surface area (Å²) < 4.78 is 0. The molecule has 1 amide bonds. The molecule has 5 nitrogen and oxygen atoms in total. The van der Waals surface area contributed by atoms with E-state index in [0.29, 0.717) is 23.1 Å². The van der Waals surface area contributed by atoms with Crippen LogP contribution in [0.4, 0.5) is 11.6 Å². The number of hydrogen-bond donors (Lipinski definition) is 1. The molecule has 0 saturated carbocycles. The number of halogens is 1. The van der Waals surface area contributed by atoms with E-state index in [9.17, 15) is 4.79 Å². The molecule has 1 N–H and O–H groups in total. The van der Waals surface area contributed by atoms with Gasteiger partial charge in [0.2, 0.25) is 5.95 Å². The molecule has 0 spiro atoms. The average molecular weight is 367 g/mol. The van der Waals surface area contributed by atoms with Crippen molar-refractivity contribution in [3.05, 3.63) is 71.4 Å². The molecule has 0 bridgehead atoms. The van der Waals surface area contributed by atoms with Crippen LogP contribution < -0.4 is 5.32 Å². The molecule has 0 fully saturated rings. The smallest absolute Gasteiger partial charge is 0.253 e. The third-order valence-corrected chi connectivity index (χ3v) is 4.26. The molecule has 0 aliphatic heterocycles. The maximum absolute atomic E-state index is 12.1. The van der Waals surface area contributed by atoms with Gasteiger partial charge in [-0.1, -0.05) is 23.7 Å². The van der Waals surface area contributed by atoms with Crippen LogP contribution in [0, 0.1) is 0 Å². The summed E-state index contributed by atoms with van der Waals surface area (Å²) in [7, 11) is 1.78. The molecule has 0 radical (unpaired) electrons. The molecule has 0 aliphatic rings. The van der Waals surface area contributed by atoms with Crippen LogP contribution >= 0.6 is 11.6 Å². The van der Waals surface area contributed by atoms with Crippen LogP contribution in [0.1, 0.15) is 17.3 Å². The molecular formula is C20H19ClN4O. The molecule has 0 unspecified atom stereocenters. The fraction of sp³-hybridized carbons (Fsp3) is 0.150. The highest BCUT2D eigenvalue weighted by atomic mass is 35.5. The summed E-state index contributed by atoms with van der Waals surface area (Å²) in [6.45, 7) is 2.61. The number of rotatable bonds is 5. The zero-order valence-electron chi connectivity index (χ0n) is 14.6. The second kappa shape index (κ2) is 7.97. The van der Waals surface area contributed by atoms with Crippen molar-refractivity contribution in [3.8, 4) is 11.3 Å². The monoisotopic (exact) mass is 366 g/mol. The second-order valence-corrected chi connectivity index (χ2v) is 6.23. The molecule has 0 saturated heterocycles. The molecular weight excluding hydrogens is 348 g/mol. The van der Waals surface area contributed by atoms with Gasteiger partial charge in [0.05, 0.1) is 5.69 Å². The Hall–Kier alpha value is -2.92. The van der Waals surface area contributed by atoms with Crippen molar-refractivity contribution in [2.24, 2.45) is 0 Å². The summed E-state index contributed by atoms with van der Waals surface area (Å²) in [4.78, 5) is 22.6. The second-order valence-electron chi connectivity index (χ2n) is 5.79. The average Bonchev–Trinajstić information content (AvgIpc) is 2.68. The summed E-state index contributed by atoms with van der Waals surface area (Å²) in [6.07, 6.45) is 1.70. The van der Waals surface area contributed by atoms with Gasteiger partial charge in [0, 0.05) is 41.6 Å². The summed E-state index contributed by atoms with van der Waals surface area (Å²) in [5, 5.41) is 3.85. The van der Waals surface area contributed by atoms with E-state index in [1.807, 2.05) is 49.4 Å². The largest absolute Gasteiger partial charge is 0.342 e. The molecule has 0 atom stereocenters. The molecule has 1 heterocycles. The Balaban J connectivity index is 1.76. The standard InChI is InChI=1S/C20H19ClN4O/c1-3-25(2)19(26)15-6-10-17(11-7-15)23-20-22-13-12-18(24-20)14-4-8-16(21)9-5-14/h4-13H,3H2,1-2H3,(H,22,23,24). The zero-order valence-corrected chi connectivity index (χ0v) is 15.4. The van der Waals surface area contributed by atoms with E-state index < -0.39 is 0 Å². The first-order chi connectivity index (χ1) is 12.6. The van der Waals surface area contributed by atoms with Crippen molar-refractivity contribution in [1.29, 1.82) is 0 Å². The number of nitrogens with one attached hydrogen (secondary N) is 1. The number of carbonyl (C=O) groups is 1. The van der Waals surface area contributed by atoms with Crippen molar-refractivity contribution in [2.75, 3.05) is 18.9 Å². The fourth-order valence-electron chi connectivity index (χ4n) is 2.39. The summed E-state index contributed by atoms with van der Waals surface area (Å²) >= 11 is 5.93. The van der Waals surface area contributed by atoms with Crippen LogP contribution in [0.3, 0.4) is 0 Å². The first-order valence-corrected chi connectivity index (χ1v) is 8.66. The maximum Gasteiger partial charge on any atom is 0.253 e. The Morgan fingerprint density at radius 1 is 1.08 bits per heavy atom. The van der Waals surface area contributed by atoms with E-state index in [4.69, 9.17) is 11.6 Å². The maximum atomic E-state index is 12.1. The number of aromatic nitrogens is 2. The van der Waals surface area contributed by atoms with Gasteiger partial charge in [-0.25, -0.2) is 9.97 Å². The molecule has 6 heteroatoms. The van der Waals surface area contributed by atoms with Gasteiger partial charge in [-0.05, 0) is 49.4 Å². The Bertz CT molecular complexity index is 894. The number of benzene rings is 2. The van der Waals surface area contributed by atoms with Gasteiger partial charge in [0.25, 0.3) is 5.91 Å². The minimum atomic E-state index is 0.0000331. The van der Waals surface area contributed by atoms with Gasteiger partial charge in [0.1, 0.15) is 0 Å². The van der Waals surface area contributed by atoms with Crippen LogP contribution in [0.25, 0.3) is 11.3 Å². The lowest BCUT2D eigenvalue weighted by atomic mass is 10.1. The van der Waals surface area contributed by atoms with Crippen molar-refractivity contribution in [2.45, 2.75) is 6.92 Å². The topological polar surface area (TPSA) is 58.1 Å². The Morgan fingerprint density at radius 3 is 2.42 bits per heavy atom. The van der Waals surface area contributed by atoms with Crippen molar-refractivity contribution < 1.29 is 4.79 Å². The minimum Gasteiger partial charge on any atom is -0.342 e. The number of amides is 1. The summed E-state index contributed by atoms with van der Waals surface area (Å²) in [6, 6.07) is 16.6. The van der Waals surface area contributed by atoms with E-state index in [1.165, 1.54) is 0 Å². The van der Waals surface area contributed by atoms with Gasteiger partial charge in [-0.3, -0.25) is 4.79 Å². The fourth-order valence-corrected chi connectivity index (χ4v) is 2.52. The highest BCUT2D eigenvalue weighted by Gasteiger charge is 2.10. The van der Waals surface area contributed by atoms with E-state index >= 15 is 0 Å². The van der Waals surface area contributed by atoms with Crippen LogP contribution in [0.15, 0.2) is 60.8 Å². The lowest BCUT2D eigenvalue weighted by molar-refractivity contribution is 0.0802. The van der Waals surface area contributed by atoms with Crippen LogP contribution in [0.5, 0.6) is 0 Å². The molecule has 26 heavy (non-hydrogen) atoms. The highest BCUT2D eigenvalue weighted by Crippen LogP contribution is 2.21. The van der Waals surface area contributed by atoms with Crippen molar-refractivity contribution in [1.82, 2.24) is 14.9 Å². The molecule has 132 valence electrons. The predicted molar refractivity (Wildman–Crippen MR) is 105 cm³/mol. The quantitative estimate of drug-likeness (QED) is 0.715. The number of anilines is 2. The Morgan fingerprint density at radius 2 is 1.77 bits per heavy atom. The van der Waals surface area contributed by atoms with E-state index in [0.717, 1.165) is 16.9 Å². The third-order valence-electron chi connectivity index (χ3n) is 4.00. The highest BCUT2D eigenvalue weighted by molar-refractivity contribution is 6.30. The SMILES string of the molecule is CCN(C)C(=O)c1ccc(Nc2nccc(-c3ccc(Cl)cc3)n2)cc1. The molecule has 3 aromatic rings. The van der Waals surface area contributed by atoms with Gasteiger partial charge < -0.3 is 10.2 Å². The first-order valence-electron chi connectivity index (χ1n) is 8.28. The van der Waals surface area contributed by atoms with Gasteiger partial charge in [0.15, 0.2) is 0 Å². The van der Waals surface area contributed by atoms with Gasteiger partial charge in [-0.2, -0.15) is 0 Å². The van der Waals surface area contributed by atoms with Gasteiger partial charge in [-0.15, -0.1) is 0 Å². The lowest BCUT2D eigenvalue weighted by Crippen LogP contribution is -2.26. The number of nitrogens with zero attached hydrogens (tertiary/aromatic N) is 3. The number of carbonyl (C=O) groups excluding carboxylic acids is 1. The summed E-state index contributed by atoms with van der Waals surface area (Å²) in [5.41, 5.74) is 3.23. The molecule has 0 aliphatic carbocycles. The Kier molecular flexibility index (Phi) is 5.49. The van der Waals surface area contributed by atoms with Crippen molar-refractivity contribution in [3.63, 3.8) is 0 Å². The number of hydrogen-bond acceptors (Lipinski definition) is 4. The minimum absolute atomic E-state index is 0.0000331. The predicted octanol–water partition coefficient (Wildman–Crippen LogP) is 4.63. The normalized spacial score (nSPS) is 10.4. The Labute approximate surface area is 157 Å². The molecule has 1 aromatic heterocycles. The summed E-state index contributed by atoms with van der Waals surface area (Å²) in [5.74, 6) is 0.488. The van der Waals surface area contributed by atoms with Crippen LogP contribution in [-0.4, -0.2) is 34.4 Å². The third kappa shape index (κ3) is 4.18. The van der Waals surface area contributed by atoms with E-state index in [-0.39, 0.29) is 5.91 Å². The molecule has 2 aromatic carbocycles. The lowest BCUT2D eigenvalue weighted by Gasteiger charge is -2.14. The first kappa shape index (κ1) is 17.9. The van der Waals surface area contributed by atoms with Crippen LogP contribution in [-0.2, 0) is 0 Å².